The van der Waals surface area contributed by atoms with Crippen LogP contribution in [0.4, 0.5) is 24.5 Å². The molecule has 0 atom stereocenters. The number of nitrogens with zero attached hydrogens (tertiary/aromatic N) is 2. The second kappa shape index (κ2) is 4.12. The van der Waals surface area contributed by atoms with Crippen molar-refractivity contribution < 1.29 is 18.1 Å². The number of alkyl halides is 3. The van der Waals surface area contributed by atoms with E-state index in [-0.39, 0.29) is 24.1 Å². The number of nitrogens with one attached hydrogen (secondary N) is 1. The van der Waals surface area contributed by atoms with Gasteiger partial charge in [0.2, 0.25) is 0 Å². The lowest BCUT2D eigenvalue weighted by atomic mass is 10.1. The van der Waals surface area contributed by atoms with Gasteiger partial charge >= 0.3 is 11.9 Å². The van der Waals surface area contributed by atoms with Crippen LogP contribution in [0.3, 0.4) is 0 Å². The van der Waals surface area contributed by atoms with Crippen molar-refractivity contribution in [1.82, 2.24) is 0 Å². The third-order valence-electron chi connectivity index (χ3n) is 3.01. The van der Waals surface area contributed by atoms with Crippen molar-refractivity contribution in [3.8, 4) is 6.07 Å². The van der Waals surface area contributed by atoms with Crippen molar-refractivity contribution in [3.05, 3.63) is 33.9 Å². The van der Waals surface area contributed by atoms with E-state index >= 15 is 0 Å². The summed E-state index contributed by atoms with van der Waals surface area (Å²) < 4.78 is 38.4. The molecule has 19 heavy (non-hydrogen) atoms. The topological polar surface area (TPSA) is 79.0 Å². The fraction of sp³-hybridized carbons (Fsp3) is 0.364. The van der Waals surface area contributed by atoms with Crippen LogP contribution >= 0.6 is 0 Å². The van der Waals surface area contributed by atoms with Gasteiger partial charge < -0.3 is 5.32 Å². The van der Waals surface area contributed by atoms with E-state index in [0.29, 0.717) is 0 Å². The Balaban J connectivity index is 2.43. The fourth-order valence-corrected chi connectivity index (χ4v) is 1.79. The first-order valence-corrected chi connectivity index (χ1v) is 5.33. The van der Waals surface area contributed by atoms with Crippen molar-refractivity contribution in [3.63, 3.8) is 0 Å². The van der Waals surface area contributed by atoms with E-state index in [4.69, 9.17) is 5.26 Å². The van der Waals surface area contributed by atoms with Crippen molar-refractivity contribution in [2.24, 2.45) is 0 Å². The average Bonchev–Trinajstić information content (AvgIpc) is 3.08. The third kappa shape index (κ3) is 2.19. The number of rotatable bonds is 3. The van der Waals surface area contributed by atoms with E-state index in [9.17, 15) is 23.3 Å². The van der Waals surface area contributed by atoms with E-state index in [0.717, 1.165) is 0 Å². The van der Waals surface area contributed by atoms with Gasteiger partial charge in [-0.1, -0.05) is 6.07 Å². The van der Waals surface area contributed by atoms with Crippen LogP contribution in [-0.2, 0) is 0 Å². The number of benzene rings is 1. The molecule has 0 amide bonds. The molecule has 1 fully saturated rings. The predicted molar refractivity (Wildman–Crippen MR) is 59.5 cm³/mol. The molecule has 0 saturated heterocycles. The lowest BCUT2D eigenvalue weighted by molar-refractivity contribution is -0.384. The summed E-state index contributed by atoms with van der Waals surface area (Å²) >= 11 is 0. The molecule has 2 rings (SSSR count). The summed E-state index contributed by atoms with van der Waals surface area (Å²) in [5.41, 5.74) is -3.28. The van der Waals surface area contributed by atoms with Gasteiger partial charge in [0, 0.05) is 0 Å². The molecule has 0 bridgehead atoms. The molecule has 8 heteroatoms. The smallest absolute Gasteiger partial charge is 0.366 e. The summed E-state index contributed by atoms with van der Waals surface area (Å²) in [6.45, 7) is 0. The summed E-state index contributed by atoms with van der Waals surface area (Å²) in [7, 11) is 0. The molecular weight excluding hydrogens is 263 g/mol. The normalized spacial score (nSPS) is 16.5. The number of nitro groups is 1. The van der Waals surface area contributed by atoms with Crippen LogP contribution in [-0.4, -0.2) is 16.6 Å². The van der Waals surface area contributed by atoms with Crippen molar-refractivity contribution in [1.29, 1.82) is 5.26 Å². The SMILES string of the molecule is N#Cc1cccc(NC2(C(F)(F)F)CC2)c1[N+](=O)[O-]. The number of halogens is 3. The highest BCUT2D eigenvalue weighted by Gasteiger charge is 2.64. The van der Waals surface area contributed by atoms with Crippen molar-refractivity contribution in [2.75, 3.05) is 5.32 Å². The quantitative estimate of drug-likeness (QED) is 0.677. The van der Waals surface area contributed by atoms with Gasteiger partial charge in [-0.2, -0.15) is 18.4 Å². The Bertz CT molecular complexity index is 574. The van der Waals surface area contributed by atoms with Crippen LogP contribution in [0.15, 0.2) is 18.2 Å². The van der Waals surface area contributed by atoms with Gasteiger partial charge in [-0.15, -0.1) is 0 Å². The van der Waals surface area contributed by atoms with Crippen LogP contribution in [0, 0.1) is 21.4 Å². The first kappa shape index (κ1) is 13.1. The highest BCUT2D eigenvalue weighted by molar-refractivity contribution is 5.70. The zero-order valence-corrected chi connectivity index (χ0v) is 9.49. The number of hydrogen-bond donors (Lipinski definition) is 1. The maximum atomic E-state index is 12.8. The number of hydrogen-bond acceptors (Lipinski definition) is 4. The Kier molecular flexibility index (Phi) is 2.85. The van der Waals surface area contributed by atoms with Crippen LogP contribution < -0.4 is 5.32 Å². The number of para-hydroxylation sites is 1. The van der Waals surface area contributed by atoms with Gasteiger partial charge in [-0.3, -0.25) is 10.1 Å². The summed E-state index contributed by atoms with van der Waals surface area (Å²) in [4.78, 5) is 10.0. The molecule has 0 aromatic heterocycles. The molecule has 0 spiro atoms. The molecule has 0 heterocycles. The summed E-state index contributed by atoms with van der Waals surface area (Å²) in [6, 6.07) is 5.27. The Morgan fingerprint density at radius 2 is 2.05 bits per heavy atom. The molecular formula is C11H8F3N3O2. The summed E-state index contributed by atoms with van der Waals surface area (Å²) in [5, 5.41) is 21.8. The molecule has 100 valence electrons. The van der Waals surface area contributed by atoms with Crippen molar-refractivity contribution in [2.45, 2.75) is 24.6 Å². The summed E-state index contributed by atoms with van der Waals surface area (Å²) in [5.74, 6) is 0. The molecule has 1 N–H and O–H groups in total. The zero-order valence-electron chi connectivity index (χ0n) is 9.49. The van der Waals surface area contributed by atoms with Gasteiger partial charge in [0.05, 0.1) is 4.92 Å². The molecule has 1 aromatic carbocycles. The molecule has 1 aromatic rings. The van der Waals surface area contributed by atoms with Gasteiger partial charge in [0.15, 0.2) is 0 Å². The average molecular weight is 271 g/mol. The fourth-order valence-electron chi connectivity index (χ4n) is 1.79. The molecule has 0 radical (unpaired) electrons. The maximum Gasteiger partial charge on any atom is 0.411 e. The number of nitriles is 1. The predicted octanol–water partition coefficient (Wildman–Crippen LogP) is 2.97. The Morgan fingerprint density at radius 1 is 1.42 bits per heavy atom. The second-order valence-electron chi connectivity index (χ2n) is 4.28. The Hall–Kier alpha value is -2.30. The monoisotopic (exact) mass is 271 g/mol. The lowest BCUT2D eigenvalue weighted by Crippen LogP contribution is -2.38. The zero-order chi connectivity index (χ0) is 14.3. The number of nitro benzene ring substituents is 1. The van der Waals surface area contributed by atoms with Crippen LogP contribution in [0.2, 0.25) is 0 Å². The minimum Gasteiger partial charge on any atom is -0.366 e. The lowest BCUT2D eigenvalue weighted by Gasteiger charge is -2.21. The van der Waals surface area contributed by atoms with Crippen molar-refractivity contribution >= 4 is 11.4 Å². The Labute approximate surface area is 105 Å². The molecule has 0 aliphatic heterocycles. The van der Waals surface area contributed by atoms with E-state index in [2.05, 4.69) is 5.32 Å². The van der Waals surface area contributed by atoms with Crippen LogP contribution in [0.25, 0.3) is 0 Å². The van der Waals surface area contributed by atoms with Gasteiger partial charge in [-0.05, 0) is 25.0 Å². The van der Waals surface area contributed by atoms with Gasteiger partial charge in [0.1, 0.15) is 22.9 Å². The van der Waals surface area contributed by atoms with E-state index in [1.165, 1.54) is 18.2 Å². The molecule has 1 saturated carbocycles. The molecule has 1 aliphatic rings. The van der Waals surface area contributed by atoms with E-state index in [1.54, 1.807) is 6.07 Å². The minimum atomic E-state index is -4.48. The largest absolute Gasteiger partial charge is 0.411 e. The number of anilines is 1. The highest BCUT2D eigenvalue weighted by Crippen LogP contribution is 2.52. The van der Waals surface area contributed by atoms with E-state index in [1.807, 2.05) is 0 Å². The standard InChI is InChI=1S/C11H8F3N3O2/c12-11(13,14)10(4-5-10)16-8-3-1-2-7(6-15)9(8)17(18)19/h1-3,16H,4-5H2. The van der Waals surface area contributed by atoms with E-state index < -0.39 is 22.3 Å². The minimum absolute atomic E-state index is 0.134. The second-order valence-corrected chi connectivity index (χ2v) is 4.28. The maximum absolute atomic E-state index is 12.8. The molecule has 1 aliphatic carbocycles. The third-order valence-corrected chi connectivity index (χ3v) is 3.01. The molecule has 0 unspecified atom stereocenters. The van der Waals surface area contributed by atoms with Crippen LogP contribution in [0.5, 0.6) is 0 Å². The van der Waals surface area contributed by atoms with Gasteiger partial charge in [0.25, 0.3) is 0 Å². The summed E-state index contributed by atoms with van der Waals surface area (Å²) in [6.07, 6.45) is -4.75. The highest BCUT2D eigenvalue weighted by atomic mass is 19.4. The van der Waals surface area contributed by atoms with Crippen LogP contribution in [0.1, 0.15) is 18.4 Å². The van der Waals surface area contributed by atoms with Gasteiger partial charge in [-0.25, -0.2) is 0 Å². The molecule has 5 nitrogen and oxygen atoms in total. The Morgan fingerprint density at radius 3 is 2.47 bits per heavy atom. The first-order valence-electron chi connectivity index (χ1n) is 5.33. The first-order chi connectivity index (χ1) is 8.81.